The third kappa shape index (κ3) is 1.80. The van der Waals surface area contributed by atoms with Crippen molar-refractivity contribution in [2.24, 2.45) is 0 Å². The third-order valence-corrected chi connectivity index (χ3v) is 2.25. The SMILES string of the molecule is Cc1cc(Br)cc(-n2cccn2)c1. The van der Waals surface area contributed by atoms with E-state index in [1.165, 1.54) is 5.56 Å². The molecule has 0 fully saturated rings. The summed E-state index contributed by atoms with van der Waals surface area (Å²) in [5.41, 5.74) is 2.30. The van der Waals surface area contributed by atoms with Crippen LogP contribution in [0.15, 0.2) is 41.1 Å². The molecule has 13 heavy (non-hydrogen) atoms. The molecule has 0 aliphatic heterocycles. The van der Waals surface area contributed by atoms with Gasteiger partial charge in [0.1, 0.15) is 0 Å². The summed E-state index contributed by atoms with van der Waals surface area (Å²) in [7, 11) is 0. The van der Waals surface area contributed by atoms with Crippen molar-refractivity contribution in [3.05, 3.63) is 46.7 Å². The van der Waals surface area contributed by atoms with Crippen molar-refractivity contribution in [2.75, 3.05) is 0 Å². The number of aromatic nitrogens is 2. The van der Waals surface area contributed by atoms with Crippen molar-refractivity contribution >= 4 is 15.9 Å². The van der Waals surface area contributed by atoms with E-state index in [1.807, 2.05) is 23.0 Å². The normalized spacial score (nSPS) is 10.3. The smallest absolute Gasteiger partial charge is 0.0659 e. The fourth-order valence-corrected chi connectivity index (χ4v) is 1.87. The van der Waals surface area contributed by atoms with Crippen LogP contribution in [0, 0.1) is 6.92 Å². The molecule has 0 atom stereocenters. The highest BCUT2D eigenvalue weighted by molar-refractivity contribution is 9.10. The van der Waals surface area contributed by atoms with Gasteiger partial charge in [-0.1, -0.05) is 15.9 Å². The number of rotatable bonds is 1. The number of hydrogen-bond acceptors (Lipinski definition) is 1. The Hall–Kier alpha value is -1.09. The molecule has 2 rings (SSSR count). The lowest BCUT2D eigenvalue weighted by molar-refractivity contribution is 0.878. The summed E-state index contributed by atoms with van der Waals surface area (Å²) in [6.45, 7) is 2.07. The van der Waals surface area contributed by atoms with Crippen molar-refractivity contribution in [2.45, 2.75) is 6.92 Å². The maximum Gasteiger partial charge on any atom is 0.0659 e. The van der Waals surface area contributed by atoms with Crippen LogP contribution in [-0.4, -0.2) is 9.78 Å². The Morgan fingerprint density at radius 2 is 2.15 bits per heavy atom. The summed E-state index contributed by atoms with van der Waals surface area (Å²) >= 11 is 3.46. The minimum absolute atomic E-state index is 1.08. The van der Waals surface area contributed by atoms with Crippen LogP contribution in [0.5, 0.6) is 0 Å². The minimum atomic E-state index is 1.08. The van der Waals surface area contributed by atoms with E-state index in [1.54, 1.807) is 6.20 Å². The van der Waals surface area contributed by atoms with Crippen molar-refractivity contribution in [3.8, 4) is 5.69 Å². The van der Waals surface area contributed by atoms with Crippen LogP contribution < -0.4 is 0 Å². The molecule has 1 aromatic carbocycles. The molecule has 0 saturated heterocycles. The summed E-state index contributed by atoms with van der Waals surface area (Å²) in [6, 6.07) is 8.13. The first kappa shape index (κ1) is 8.51. The van der Waals surface area contributed by atoms with E-state index < -0.39 is 0 Å². The Labute approximate surface area is 85.3 Å². The summed E-state index contributed by atoms with van der Waals surface area (Å²) < 4.78 is 2.93. The average Bonchev–Trinajstić information content (AvgIpc) is 2.53. The van der Waals surface area contributed by atoms with Gasteiger partial charge in [0.25, 0.3) is 0 Å². The fraction of sp³-hybridized carbons (Fsp3) is 0.100. The van der Waals surface area contributed by atoms with Crippen LogP contribution >= 0.6 is 15.9 Å². The molecule has 0 radical (unpaired) electrons. The molecule has 0 aliphatic carbocycles. The van der Waals surface area contributed by atoms with Crippen molar-refractivity contribution in [1.82, 2.24) is 9.78 Å². The van der Waals surface area contributed by atoms with Gasteiger partial charge in [-0.15, -0.1) is 0 Å². The maximum absolute atomic E-state index is 4.16. The molecule has 0 amide bonds. The van der Waals surface area contributed by atoms with E-state index in [2.05, 4.69) is 40.1 Å². The van der Waals surface area contributed by atoms with Gasteiger partial charge in [0.2, 0.25) is 0 Å². The number of benzene rings is 1. The zero-order valence-electron chi connectivity index (χ0n) is 7.24. The molecule has 0 aliphatic rings. The standard InChI is InChI=1S/C10H9BrN2/c1-8-5-9(11)7-10(6-8)13-4-2-3-12-13/h2-7H,1H3. The highest BCUT2D eigenvalue weighted by Gasteiger charge is 1.98. The van der Waals surface area contributed by atoms with Crippen LogP contribution in [0.4, 0.5) is 0 Å². The van der Waals surface area contributed by atoms with E-state index >= 15 is 0 Å². The fourth-order valence-electron chi connectivity index (χ4n) is 1.27. The van der Waals surface area contributed by atoms with E-state index in [9.17, 15) is 0 Å². The molecule has 0 saturated carbocycles. The van der Waals surface area contributed by atoms with Gasteiger partial charge in [-0.25, -0.2) is 4.68 Å². The van der Waals surface area contributed by atoms with Crippen molar-refractivity contribution < 1.29 is 0 Å². The first-order valence-corrected chi connectivity index (χ1v) is 4.82. The molecular weight excluding hydrogens is 228 g/mol. The van der Waals surface area contributed by atoms with Crippen LogP contribution in [0.3, 0.4) is 0 Å². The maximum atomic E-state index is 4.16. The molecule has 0 spiro atoms. The summed E-state index contributed by atoms with van der Waals surface area (Å²) in [6.07, 6.45) is 3.71. The molecule has 1 heterocycles. The lowest BCUT2D eigenvalue weighted by Crippen LogP contribution is -1.94. The molecule has 66 valence electrons. The Morgan fingerprint density at radius 1 is 1.31 bits per heavy atom. The minimum Gasteiger partial charge on any atom is -0.241 e. The Morgan fingerprint density at radius 3 is 2.77 bits per heavy atom. The van der Waals surface area contributed by atoms with Gasteiger partial charge in [-0.2, -0.15) is 5.10 Å². The highest BCUT2D eigenvalue weighted by atomic mass is 79.9. The topological polar surface area (TPSA) is 17.8 Å². The summed E-state index contributed by atoms with van der Waals surface area (Å²) in [4.78, 5) is 0. The first-order valence-electron chi connectivity index (χ1n) is 4.03. The molecule has 0 unspecified atom stereocenters. The predicted octanol–water partition coefficient (Wildman–Crippen LogP) is 2.94. The lowest BCUT2D eigenvalue weighted by atomic mass is 10.2. The number of halogens is 1. The van der Waals surface area contributed by atoms with Crippen LogP contribution in [0.25, 0.3) is 5.69 Å². The zero-order chi connectivity index (χ0) is 9.26. The Bertz CT molecular complexity index is 387. The molecule has 0 bridgehead atoms. The van der Waals surface area contributed by atoms with Crippen molar-refractivity contribution in [1.29, 1.82) is 0 Å². The van der Waals surface area contributed by atoms with Gasteiger partial charge in [0.05, 0.1) is 5.69 Å². The lowest BCUT2D eigenvalue weighted by Gasteiger charge is -2.03. The third-order valence-electron chi connectivity index (χ3n) is 1.80. The molecule has 0 N–H and O–H groups in total. The summed E-state index contributed by atoms with van der Waals surface area (Å²) in [5.74, 6) is 0. The second kappa shape index (κ2) is 3.34. The van der Waals surface area contributed by atoms with Gasteiger partial charge in [-0.05, 0) is 36.8 Å². The molecule has 1 aromatic heterocycles. The first-order chi connectivity index (χ1) is 6.25. The van der Waals surface area contributed by atoms with Gasteiger partial charge in [0, 0.05) is 16.9 Å². The Balaban J connectivity index is 2.53. The van der Waals surface area contributed by atoms with Gasteiger partial charge >= 0.3 is 0 Å². The number of nitrogens with zero attached hydrogens (tertiary/aromatic N) is 2. The van der Waals surface area contributed by atoms with E-state index in [0.717, 1.165) is 10.2 Å². The Kier molecular flexibility index (Phi) is 2.19. The number of hydrogen-bond donors (Lipinski definition) is 0. The van der Waals surface area contributed by atoms with Crippen LogP contribution in [0.2, 0.25) is 0 Å². The van der Waals surface area contributed by atoms with E-state index in [0.29, 0.717) is 0 Å². The second-order valence-corrected chi connectivity index (χ2v) is 3.85. The largest absolute Gasteiger partial charge is 0.241 e. The highest BCUT2D eigenvalue weighted by Crippen LogP contribution is 2.17. The van der Waals surface area contributed by atoms with Crippen LogP contribution in [0.1, 0.15) is 5.56 Å². The quantitative estimate of drug-likeness (QED) is 0.745. The zero-order valence-corrected chi connectivity index (χ0v) is 8.82. The monoisotopic (exact) mass is 236 g/mol. The van der Waals surface area contributed by atoms with E-state index in [-0.39, 0.29) is 0 Å². The molecule has 2 nitrogen and oxygen atoms in total. The van der Waals surface area contributed by atoms with Gasteiger partial charge in [-0.3, -0.25) is 0 Å². The predicted molar refractivity (Wildman–Crippen MR) is 56.0 cm³/mol. The molecule has 2 aromatic rings. The van der Waals surface area contributed by atoms with Gasteiger partial charge < -0.3 is 0 Å². The van der Waals surface area contributed by atoms with Gasteiger partial charge in [0.15, 0.2) is 0 Å². The second-order valence-electron chi connectivity index (χ2n) is 2.94. The number of aryl methyl sites for hydroxylation is 1. The molecule has 3 heteroatoms. The van der Waals surface area contributed by atoms with Crippen LogP contribution in [-0.2, 0) is 0 Å². The average molecular weight is 237 g/mol. The van der Waals surface area contributed by atoms with Crippen molar-refractivity contribution in [3.63, 3.8) is 0 Å². The van der Waals surface area contributed by atoms with E-state index in [4.69, 9.17) is 0 Å². The summed E-state index contributed by atoms with van der Waals surface area (Å²) in [5, 5.41) is 4.16. The molecular formula is C10H9BrN2.